The van der Waals surface area contributed by atoms with Crippen molar-refractivity contribution >= 4 is 16.9 Å². The number of carbonyl (C=O) groups excluding carboxylic acids is 1. The first-order chi connectivity index (χ1) is 16.0. The molecule has 1 atom stereocenters. The number of methoxy groups -OCH3 is 2. The van der Waals surface area contributed by atoms with Gasteiger partial charge in [0.2, 0.25) is 5.43 Å². The van der Waals surface area contributed by atoms with Crippen LogP contribution in [0.3, 0.4) is 0 Å². The highest BCUT2D eigenvalue weighted by molar-refractivity contribution is 5.94. The number of phenolic OH excluding ortho intramolecular Hbond substituents is 1. The molecule has 7 nitrogen and oxygen atoms in total. The topological polar surface area (TPSA) is 95.2 Å². The molecule has 0 amide bonds. The van der Waals surface area contributed by atoms with Gasteiger partial charge in [-0.1, -0.05) is 30.3 Å². The van der Waals surface area contributed by atoms with Crippen LogP contribution in [0, 0.1) is 0 Å². The van der Waals surface area contributed by atoms with Crippen LogP contribution < -0.4 is 19.6 Å². The first-order valence-electron chi connectivity index (χ1n) is 10.3. The number of aromatic hydroxyl groups is 1. The third-order valence-corrected chi connectivity index (χ3v) is 5.89. The van der Waals surface area contributed by atoms with Gasteiger partial charge in [0, 0.05) is 23.1 Å². The fourth-order valence-corrected chi connectivity index (χ4v) is 4.32. The fourth-order valence-electron chi connectivity index (χ4n) is 4.32. The number of hydrogen-bond donors (Lipinski definition) is 1. The van der Waals surface area contributed by atoms with E-state index in [-0.39, 0.29) is 28.9 Å². The van der Waals surface area contributed by atoms with E-state index in [0.717, 1.165) is 5.56 Å². The van der Waals surface area contributed by atoms with E-state index in [1.807, 2.05) is 18.2 Å². The Balaban J connectivity index is 1.76. The first-order valence-corrected chi connectivity index (χ1v) is 10.3. The van der Waals surface area contributed by atoms with Crippen molar-refractivity contribution in [2.24, 2.45) is 0 Å². The molecule has 166 valence electrons. The summed E-state index contributed by atoms with van der Waals surface area (Å²) < 4.78 is 22.0. The number of esters is 1. The fraction of sp³-hybridized carbons (Fsp3) is 0.154. The van der Waals surface area contributed by atoms with Gasteiger partial charge >= 0.3 is 5.97 Å². The van der Waals surface area contributed by atoms with E-state index < -0.39 is 17.3 Å². The van der Waals surface area contributed by atoms with Gasteiger partial charge in [-0.25, -0.2) is 0 Å². The van der Waals surface area contributed by atoms with Crippen molar-refractivity contribution in [3.8, 4) is 34.1 Å². The van der Waals surface area contributed by atoms with E-state index in [2.05, 4.69) is 0 Å². The maximum Gasteiger partial charge on any atom is 0.312 e. The lowest BCUT2D eigenvalue weighted by molar-refractivity contribution is -0.135. The van der Waals surface area contributed by atoms with E-state index in [4.69, 9.17) is 18.6 Å². The predicted molar refractivity (Wildman–Crippen MR) is 121 cm³/mol. The van der Waals surface area contributed by atoms with Gasteiger partial charge in [-0.3, -0.25) is 9.59 Å². The van der Waals surface area contributed by atoms with Crippen LogP contribution in [0.5, 0.6) is 23.0 Å². The smallest absolute Gasteiger partial charge is 0.312 e. The average molecular weight is 444 g/mol. The molecule has 1 N–H and O–H groups in total. The van der Waals surface area contributed by atoms with Gasteiger partial charge in [0.05, 0.1) is 26.2 Å². The summed E-state index contributed by atoms with van der Waals surface area (Å²) in [6.07, 6.45) is 1.40. The number of fused-ring (bicyclic) bond motifs is 3. The normalized spacial score (nSPS) is 15.1. The molecule has 0 aliphatic carbocycles. The van der Waals surface area contributed by atoms with Crippen molar-refractivity contribution < 1.29 is 28.5 Å². The molecule has 0 radical (unpaired) electrons. The van der Waals surface area contributed by atoms with Gasteiger partial charge in [0.1, 0.15) is 40.2 Å². The third kappa shape index (κ3) is 3.38. The van der Waals surface area contributed by atoms with Gasteiger partial charge in [-0.05, 0) is 23.8 Å². The van der Waals surface area contributed by atoms with Crippen molar-refractivity contribution in [3.63, 3.8) is 0 Å². The van der Waals surface area contributed by atoms with Crippen LogP contribution in [0.1, 0.15) is 23.5 Å². The Bertz CT molecular complexity index is 1430. The molecule has 0 saturated carbocycles. The second-order valence-electron chi connectivity index (χ2n) is 7.69. The zero-order valence-electron chi connectivity index (χ0n) is 18.0. The highest BCUT2D eigenvalue weighted by atomic mass is 16.5. The van der Waals surface area contributed by atoms with Crippen molar-refractivity contribution in [2.75, 3.05) is 14.2 Å². The summed E-state index contributed by atoms with van der Waals surface area (Å²) in [6.45, 7) is 0. The van der Waals surface area contributed by atoms with Crippen molar-refractivity contribution in [3.05, 3.63) is 82.2 Å². The molecular formula is C26H20O7. The maximum absolute atomic E-state index is 13.4. The molecule has 0 bridgehead atoms. The zero-order chi connectivity index (χ0) is 23.1. The summed E-state index contributed by atoms with van der Waals surface area (Å²) in [5.74, 6) is 0.169. The van der Waals surface area contributed by atoms with Gasteiger partial charge in [-0.2, -0.15) is 0 Å². The molecule has 0 fully saturated rings. The Hall–Kier alpha value is -4.26. The Labute approximate surface area is 188 Å². The highest BCUT2D eigenvalue weighted by Crippen LogP contribution is 2.47. The Morgan fingerprint density at radius 2 is 1.76 bits per heavy atom. The van der Waals surface area contributed by atoms with Gasteiger partial charge in [0.25, 0.3) is 0 Å². The molecule has 3 aromatic carbocycles. The van der Waals surface area contributed by atoms with E-state index in [9.17, 15) is 14.7 Å². The van der Waals surface area contributed by atoms with E-state index in [1.54, 1.807) is 44.6 Å². The zero-order valence-corrected chi connectivity index (χ0v) is 18.0. The first kappa shape index (κ1) is 20.6. The van der Waals surface area contributed by atoms with E-state index >= 15 is 0 Å². The molecule has 1 aromatic heterocycles. The van der Waals surface area contributed by atoms with Gasteiger partial charge in [-0.15, -0.1) is 0 Å². The summed E-state index contributed by atoms with van der Waals surface area (Å²) in [6, 6.07) is 15.6. The molecule has 5 rings (SSSR count). The summed E-state index contributed by atoms with van der Waals surface area (Å²) >= 11 is 0. The number of phenols is 1. The largest absolute Gasteiger partial charge is 0.507 e. The standard InChI is InChI=1S/C26H20O7/c1-30-15-9-7-14(8-10-15)18-13-32-26-23-17(16-5-3-4-6-20(16)31-2)11-22(28)33-21(23)12-19(27)24(26)25(18)29/h3-10,12-13,17,27H,11H2,1-2H3/t17-/m0/s1. The van der Waals surface area contributed by atoms with Gasteiger partial charge in [0.15, 0.2) is 0 Å². The van der Waals surface area contributed by atoms with Crippen LogP contribution in [0.4, 0.5) is 0 Å². The number of benzene rings is 3. The molecule has 33 heavy (non-hydrogen) atoms. The summed E-state index contributed by atoms with van der Waals surface area (Å²) in [7, 11) is 3.11. The molecule has 2 heterocycles. The van der Waals surface area contributed by atoms with E-state index in [1.165, 1.54) is 12.3 Å². The van der Waals surface area contributed by atoms with Crippen LogP contribution >= 0.6 is 0 Å². The monoisotopic (exact) mass is 444 g/mol. The lowest BCUT2D eigenvalue weighted by Crippen LogP contribution is -2.22. The Morgan fingerprint density at radius 1 is 1.00 bits per heavy atom. The molecule has 0 spiro atoms. The summed E-state index contributed by atoms with van der Waals surface area (Å²) in [5.41, 5.74) is 1.98. The molecule has 7 heteroatoms. The second-order valence-corrected chi connectivity index (χ2v) is 7.69. The lowest BCUT2D eigenvalue weighted by Gasteiger charge is -2.27. The summed E-state index contributed by atoms with van der Waals surface area (Å²) in [4.78, 5) is 25.8. The quantitative estimate of drug-likeness (QED) is 0.362. The number of rotatable bonds is 4. The van der Waals surface area contributed by atoms with Crippen LogP contribution in [-0.2, 0) is 4.79 Å². The number of para-hydroxylation sites is 1. The minimum Gasteiger partial charge on any atom is -0.507 e. The van der Waals surface area contributed by atoms with Crippen molar-refractivity contribution in [1.82, 2.24) is 0 Å². The van der Waals surface area contributed by atoms with Crippen LogP contribution in [0.2, 0.25) is 0 Å². The Kier molecular flexibility index (Phi) is 5.01. The molecule has 1 aliphatic heterocycles. The molecule has 1 aliphatic rings. The minimum atomic E-state index is -0.476. The maximum atomic E-state index is 13.4. The summed E-state index contributed by atoms with van der Waals surface area (Å²) in [5, 5.41) is 10.7. The minimum absolute atomic E-state index is 0.0277. The Morgan fingerprint density at radius 3 is 2.48 bits per heavy atom. The van der Waals surface area contributed by atoms with Crippen molar-refractivity contribution in [2.45, 2.75) is 12.3 Å². The third-order valence-electron chi connectivity index (χ3n) is 5.89. The number of carbonyl (C=O) groups is 1. The average Bonchev–Trinajstić information content (AvgIpc) is 2.83. The van der Waals surface area contributed by atoms with E-state index in [0.29, 0.717) is 28.2 Å². The highest BCUT2D eigenvalue weighted by Gasteiger charge is 2.35. The molecular weight excluding hydrogens is 424 g/mol. The molecule has 0 unspecified atom stereocenters. The number of hydrogen-bond acceptors (Lipinski definition) is 7. The molecule has 0 saturated heterocycles. The van der Waals surface area contributed by atoms with Crippen molar-refractivity contribution in [1.29, 1.82) is 0 Å². The van der Waals surface area contributed by atoms with Crippen LogP contribution in [0.15, 0.2) is 70.1 Å². The SMILES string of the molecule is COc1ccc(-c2coc3c4c(cc(O)c3c2=O)OC(=O)C[C@H]4c2ccccc2OC)cc1. The lowest BCUT2D eigenvalue weighted by atomic mass is 9.84. The second kappa shape index (κ2) is 8.02. The van der Waals surface area contributed by atoms with Gasteiger partial charge < -0.3 is 23.7 Å². The number of ether oxygens (including phenoxy) is 3. The predicted octanol–water partition coefficient (Wildman–Crippen LogP) is 4.62. The van der Waals surface area contributed by atoms with Crippen LogP contribution in [-0.4, -0.2) is 25.3 Å². The van der Waals surface area contributed by atoms with Crippen LogP contribution in [0.25, 0.3) is 22.1 Å². The molecule has 4 aromatic rings.